The van der Waals surface area contributed by atoms with Crippen molar-refractivity contribution in [2.24, 2.45) is 14.1 Å². The molecule has 0 saturated carbocycles. The van der Waals surface area contributed by atoms with Crippen LogP contribution in [0.1, 0.15) is 17.5 Å². The predicted octanol–water partition coefficient (Wildman–Crippen LogP) is 1.42. The average Bonchev–Trinajstić information content (AvgIpc) is 3.52. The van der Waals surface area contributed by atoms with E-state index in [1.165, 1.54) is 33.8 Å². The number of carbonyl (C=O) groups excluding carboxylic acids is 1. The van der Waals surface area contributed by atoms with Crippen LogP contribution in [0.3, 0.4) is 0 Å². The Morgan fingerprint density at radius 2 is 1.89 bits per heavy atom. The number of aryl methyl sites for hydroxylation is 3. The molecule has 0 bridgehead atoms. The van der Waals surface area contributed by atoms with E-state index in [4.69, 9.17) is 9.72 Å². The second-order valence-electron chi connectivity index (χ2n) is 9.45. The first-order valence-electron chi connectivity index (χ1n) is 12.3. The molecule has 3 aromatic heterocycles. The maximum atomic E-state index is 13.7. The minimum absolute atomic E-state index is 0.0879. The molecule has 1 fully saturated rings. The number of carbonyl (C=O) groups is 1. The second kappa shape index (κ2) is 10.2. The SMILES string of the molecule is Cc1ccc2sc(N(CCCN3CCOCC3)C(=O)Cn3cnc4c3c(=O)n(C)c(=O)n4C)nc2c1C. The normalized spacial score (nSPS) is 14.6. The Labute approximate surface area is 217 Å². The number of benzene rings is 1. The zero-order chi connectivity index (χ0) is 26.3. The molecule has 196 valence electrons. The van der Waals surface area contributed by atoms with E-state index in [9.17, 15) is 14.4 Å². The molecule has 4 heterocycles. The van der Waals surface area contributed by atoms with Crippen LogP contribution < -0.4 is 16.1 Å². The number of rotatable bonds is 7. The van der Waals surface area contributed by atoms with Gasteiger partial charge >= 0.3 is 5.69 Å². The van der Waals surface area contributed by atoms with Crippen LogP contribution in [0, 0.1) is 13.8 Å². The number of hydrogen-bond donors (Lipinski definition) is 0. The van der Waals surface area contributed by atoms with Gasteiger partial charge in [-0.3, -0.25) is 28.5 Å². The Morgan fingerprint density at radius 3 is 2.65 bits per heavy atom. The van der Waals surface area contributed by atoms with E-state index < -0.39 is 11.2 Å². The molecule has 0 atom stereocenters. The third-order valence-corrected chi connectivity index (χ3v) is 8.13. The first-order valence-corrected chi connectivity index (χ1v) is 13.2. The third kappa shape index (κ3) is 4.72. The van der Waals surface area contributed by atoms with Gasteiger partial charge in [0.15, 0.2) is 16.3 Å². The molecular weight excluding hydrogens is 494 g/mol. The smallest absolute Gasteiger partial charge is 0.332 e. The fraction of sp³-hybridized carbons (Fsp3) is 0.480. The Morgan fingerprint density at radius 1 is 1.14 bits per heavy atom. The molecule has 0 radical (unpaired) electrons. The van der Waals surface area contributed by atoms with E-state index in [1.807, 2.05) is 13.0 Å². The third-order valence-electron chi connectivity index (χ3n) is 7.09. The van der Waals surface area contributed by atoms with Gasteiger partial charge < -0.3 is 9.30 Å². The van der Waals surface area contributed by atoms with E-state index in [0.29, 0.717) is 11.7 Å². The fourth-order valence-corrected chi connectivity index (χ4v) is 5.75. The van der Waals surface area contributed by atoms with Crippen LogP contribution in [0.5, 0.6) is 0 Å². The molecule has 0 spiro atoms. The Kier molecular flexibility index (Phi) is 6.97. The van der Waals surface area contributed by atoms with E-state index in [2.05, 4.69) is 22.9 Å². The van der Waals surface area contributed by atoms with Crippen molar-refractivity contribution in [2.75, 3.05) is 44.3 Å². The Balaban J connectivity index is 1.46. The van der Waals surface area contributed by atoms with Gasteiger partial charge in [-0.25, -0.2) is 14.8 Å². The number of imidazole rings is 1. The molecule has 12 heteroatoms. The first-order chi connectivity index (χ1) is 17.8. The lowest BCUT2D eigenvalue weighted by Gasteiger charge is -2.27. The molecule has 5 rings (SSSR count). The summed E-state index contributed by atoms with van der Waals surface area (Å²) in [4.78, 5) is 52.1. The summed E-state index contributed by atoms with van der Waals surface area (Å²) in [5.74, 6) is -0.189. The highest BCUT2D eigenvalue weighted by Gasteiger charge is 2.23. The molecule has 0 aliphatic carbocycles. The summed E-state index contributed by atoms with van der Waals surface area (Å²) in [5, 5.41) is 0.639. The summed E-state index contributed by atoms with van der Waals surface area (Å²) < 4.78 is 10.3. The topological polar surface area (TPSA) is 107 Å². The standard InChI is InChI=1S/C25H31N7O4S/c1-16-6-7-18-20(17(16)2)27-24(37-18)32(9-5-8-30-10-12-36-13-11-30)19(33)14-31-15-26-22-21(31)23(34)29(4)25(35)28(22)3/h6-7,15H,5,8-14H2,1-4H3. The van der Waals surface area contributed by atoms with Gasteiger partial charge in [0.2, 0.25) is 5.91 Å². The summed E-state index contributed by atoms with van der Waals surface area (Å²) in [5.41, 5.74) is 2.70. The van der Waals surface area contributed by atoms with Gasteiger partial charge in [0.1, 0.15) is 6.54 Å². The van der Waals surface area contributed by atoms with Crippen LogP contribution in [0.15, 0.2) is 28.0 Å². The molecule has 1 amide bonds. The zero-order valence-electron chi connectivity index (χ0n) is 21.6. The second-order valence-corrected chi connectivity index (χ2v) is 10.5. The van der Waals surface area contributed by atoms with Gasteiger partial charge in [-0.1, -0.05) is 17.4 Å². The lowest BCUT2D eigenvalue weighted by molar-refractivity contribution is -0.119. The largest absolute Gasteiger partial charge is 0.379 e. The fourth-order valence-electron chi connectivity index (χ4n) is 4.68. The highest BCUT2D eigenvalue weighted by molar-refractivity contribution is 7.22. The van der Waals surface area contributed by atoms with Crippen molar-refractivity contribution in [3.63, 3.8) is 0 Å². The summed E-state index contributed by atoms with van der Waals surface area (Å²) in [7, 11) is 2.99. The number of anilines is 1. The van der Waals surface area contributed by atoms with E-state index >= 15 is 0 Å². The van der Waals surface area contributed by atoms with Crippen molar-refractivity contribution in [1.82, 2.24) is 28.6 Å². The molecule has 37 heavy (non-hydrogen) atoms. The first kappa shape index (κ1) is 25.3. The molecule has 11 nitrogen and oxygen atoms in total. The van der Waals surface area contributed by atoms with Crippen molar-refractivity contribution in [3.8, 4) is 0 Å². The molecule has 1 aliphatic rings. The van der Waals surface area contributed by atoms with Crippen molar-refractivity contribution >= 4 is 43.8 Å². The maximum absolute atomic E-state index is 13.7. The zero-order valence-corrected chi connectivity index (χ0v) is 22.4. The number of amides is 1. The van der Waals surface area contributed by atoms with E-state index in [1.54, 1.807) is 11.9 Å². The molecule has 0 N–H and O–H groups in total. The highest BCUT2D eigenvalue weighted by Crippen LogP contribution is 2.32. The number of morpholine rings is 1. The number of ether oxygens (including phenoxy) is 1. The molecule has 4 aromatic rings. The minimum atomic E-state index is -0.478. The van der Waals surface area contributed by atoms with Crippen LogP contribution in [0.2, 0.25) is 0 Å². The van der Waals surface area contributed by atoms with Crippen molar-refractivity contribution in [1.29, 1.82) is 0 Å². The van der Waals surface area contributed by atoms with E-state index in [0.717, 1.165) is 65.2 Å². The molecular formula is C25H31N7O4S. The van der Waals surface area contributed by atoms with Crippen molar-refractivity contribution in [3.05, 3.63) is 50.4 Å². The lowest BCUT2D eigenvalue weighted by atomic mass is 10.1. The number of aromatic nitrogens is 5. The van der Waals surface area contributed by atoms with Crippen molar-refractivity contribution in [2.45, 2.75) is 26.8 Å². The average molecular weight is 526 g/mol. The summed E-state index contributed by atoms with van der Waals surface area (Å²) >= 11 is 1.49. The minimum Gasteiger partial charge on any atom is -0.379 e. The van der Waals surface area contributed by atoms with Crippen molar-refractivity contribution < 1.29 is 9.53 Å². The quantitative estimate of drug-likeness (QED) is 0.359. The van der Waals surface area contributed by atoms with Gasteiger partial charge in [-0.05, 0) is 37.5 Å². The number of thiazole rings is 1. The van der Waals surface area contributed by atoms with Crippen LogP contribution >= 0.6 is 11.3 Å². The number of nitrogens with zero attached hydrogens (tertiary/aromatic N) is 7. The molecule has 0 unspecified atom stereocenters. The number of fused-ring (bicyclic) bond motifs is 2. The van der Waals surface area contributed by atoms with E-state index in [-0.39, 0.29) is 23.6 Å². The summed E-state index contributed by atoms with van der Waals surface area (Å²) in [6.45, 7) is 8.59. The monoisotopic (exact) mass is 525 g/mol. The number of hydrogen-bond acceptors (Lipinski definition) is 8. The Hall–Kier alpha value is -3.35. The highest BCUT2D eigenvalue weighted by atomic mass is 32.1. The van der Waals surface area contributed by atoms with Crippen LogP contribution in [0.4, 0.5) is 5.13 Å². The van der Waals surface area contributed by atoms with Gasteiger partial charge in [0.25, 0.3) is 5.56 Å². The van der Waals surface area contributed by atoms with Gasteiger partial charge in [-0.15, -0.1) is 0 Å². The Bertz CT molecular complexity index is 1590. The van der Waals surface area contributed by atoms with Gasteiger partial charge in [0, 0.05) is 40.3 Å². The summed E-state index contributed by atoms with van der Waals surface area (Å²) in [6, 6.07) is 4.12. The summed E-state index contributed by atoms with van der Waals surface area (Å²) in [6.07, 6.45) is 2.22. The lowest BCUT2D eigenvalue weighted by Crippen LogP contribution is -2.40. The van der Waals surface area contributed by atoms with Crippen LogP contribution in [-0.4, -0.2) is 73.9 Å². The molecule has 1 aliphatic heterocycles. The predicted molar refractivity (Wildman–Crippen MR) is 144 cm³/mol. The van der Waals surface area contributed by atoms with Crippen LogP contribution in [0.25, 0.3) is 21.4 Å². The van der Waals surface area contributed by atoms with Gasteiger partial charge in [-0.2, -0.15) is 0 Å². The maximum Gasteiger partial charge on any atom is 0.332 e. The van der Waals surface area contributed by atoms with Crippen LogP contribution in [-0.2, 0) is 30.2 Å². The molecule has 1 aromatic carbocycles. The van der Waals surface area contributed by atoms with Gasteiger partial charge in [0.05, 0.1) is 29.8 Å². The molecule has 1 saturated heterocycles.